The van der Waals surface area contributed by atoms with Crippen LogP contribution in [0.2, 0.25) is 0 Å². The first kappa shape index (κ1) is 17.8. The van der Waals surface area contributed by atoms with Gasteiger partial charge in [-0.3, -0.25) is 4.99 Å². The number of nitrogens with zero attached hydrogens (tertiary/aromatic N) is 1. The van der Waals surface area contributed by atoms with E-state index in [-0.39, 0.29) is 24.0 Å². The molecule has 0 fully saturated rings. The SMILES string of the molecule is CN=C(NCc1cc2ccccc2o1)NCc1ccc(C)s1.I. The van der Waals surface area contributed by atoms with Crippen LogP contribution in [0, 0.1) is 6.92 Å². The summed E-state index contributed by atoms with van der Waals surface area (Å²) in [7, 11) is 1.77. The molecule has 3 aromatic rings. The van der Waals surface area contributed by atoms with Crippen LogP contribution < -0.4 is 10.6 Å². The molecule has 4 nitrogen and oxygen atoms in total. The van der Waals surface area contributed by atoms with Gasteiger partial charge in [0.2, 0.25) is 0 Å². The lowest BCUT2D eigenvalue weighted by Gasteiger charge is -2.09. The van der Waals surface area contributed by atoms with Gasteiger partial charge < -0.3 is 15.1 Å². The third-order valence-corrected chi connectivity index (χ3v) is 4.36. The maximum Gasteiger partial charge on any atom is 0.191 e. The first-order chi connectivity index (χ1) is 10.7. The largest absolute Gasteiger partial charge is 0.459 e. The van der Waals surface area contributed by atoms with Crippen LogP contribution in [0.1, 0.15) is 15.5 Å². The summed E-state index contributed by atoms with van der Waals surface area (Å²) in [5.41, 5.74) is 0.913. The number of aliphatic imine (C=N–C) groups is 1. The first-order valence-corrected chi connectivity index (χ1v) is 8.03. The van der Waals surface area contributed by atoms with E-state index in [0.717, 1.165) is 29.2 Å². The van der Waals surface area contributed by atoms with Gasteiger partial charge in [-0.15, -0.1) is 35.3 Å². The molecule has 122 valence electrons. The number of rotatable bonds is 4. The van der Waals surface area contributed by atoms with Crippen molar-refractivity contribution in [3.05, 3.63) is 58.0 Å². The third kappa shape index (κ3) is 4.71. The summed E-state index contributed by atoms with van der Waals surface area (Å²) in [6.45, 7) is 3.50. The Kier molecular flexibility index (Phi) is 6.47. The molecule has 0 unspecified atom stereocenters. The lowest BCUT2D eigenvalue weighted by Crippen LogP contribution is -2.36. The predicted molar refractivity (Wildman–Crippen MR) is 108 cm³/mol. The Bertz CT molecular complexity index is 761. The monoisotopic (exact) mass is 441 g/mol. The number of guanidine groups is 1. The minimum absolute atomic E-state index is 0. The molecule has 0 aliphatic heterocycles. The van der Waals surface area contributed by atoms with Gasteiger partial charge in [0.25, 0.3) is 0 Å². The molecule has 0 amide bonds. The van der Waals surface area contributed by atoms with E-state index in [1.54, 1.807) is 18.4 Å². The van der Waals surface area contributed by atoms with Crippen molar-refractivity contribution in [2.45, 2.75) is 20.0 Å². The Balaban J connectivity index is 0.00000192. The van der Waals surface area contributed by atoms with Gasteiger partial charge in [0.15, 0.2) is 5.96 Å². The summed E-state index contributed by atoms with van der Waals surface area (Å²) >= 11 is 1.79. The van der Waals surface area contributed by atoms with Crippen LogP contribution in [0.15, 0.2) is 51.9 Å². The molecule has 1 aromatic carbocycles. The van der Waals surface area contributed by atoms with Gasteiger partial charge >= 0.3 is 0 Å². The van der Waals surface area contributed by atoms with Crippen molar-refractivity contribution in [1.82, 2.24) is 10.6 Å². The Labute approximate surface area is 157 Å². The smallest absolute Gasteiger partial charge is 0.191 e. The number of aryl methyl sites for hydroxylation is 1. The standard InChI is InChI=1S/C17H19N3OS.HI/c1-12-7-8-15(22-12)11-20-17(18-2)19-10-14-9-13-5-3-4-6-16(13)21-14;/h3-9H,10-11H2,1-2H3,(H2,18,19,20);1H. The quantitative estimate of drug-likeness (QED) is 0.361. The van der Waals surface area contributed by atoms with Crippen molar-refractivity contribution in [3.63, 3.8) is 0 Å². The summed E-state index contributed by atoms with van der Waals surface area (Å²) in [5.74, 6) is 1.67. The van der Waals surface area contributed by atoms with Crippen molar-refractivity contribution in [2.75, 3.05) is 7.05 Å². The Morgan fingerprint density at radius 2 is 1.91 bits per heavy atom. The van der Waals surface area contributed by atoms with Crippen molar-refractivity contribution in [2.24, 2.45) is 4.99 Å². The van der Waals surface area contributed by atoms with E-state index in [2.05, 4.69) is 46.8 Å². The third-order valence-electron chi connectivity index (χ3n) is 3.36. The minimum atomic E-state index is 0. The van der Waals surface area contributed by atoms with Crippen LogP contribution in [0.4, 0.5) is 0 Å². The number of hydrogen-bond acceptors (Lipinski definition) is 3. The Morgan fingerprint density at radius 3 is 2.61 bits per heavy atom. The van der Waals surface area contributed by atoms with Gasteiger partial charge in [0.05, 0.1) is 13.1 Å². The van der Waals surface area contributed by atoms with E-state index < -0.39 is 0 Å². The van der Waals surface area contributed by atoms with Crippen LogP contribution in [-0.2, 0) is 13.1 Å². The van der Waals surface area contributed by atoms with Crippen molar-refractivity contribution < 1.29 is 4.42 Å². The summed E-state index contributed by atoms with van der Waals surface area (Å²) in [4.78, 5) is 6.85. The van der Waals surface area contributed by atoms with E-state index in [4.69, 9.17) is 4.42 Å². The number of halogens is 1. The molecule has 0 aliphatic rings. The molecule has 0 bridgehead atoms. The van der Waals surface area contributed by atoms with E-state index in [9.17, 15) is 0 Å². The van der Waals surface area contributed by atoms with Gasteiger partial charge in [-0.25, -0.2) is 0 Å². The van der Waals surface area contributed by atoms with Crippen molar-refractivity contribution >= 4 is 52.2 Å². The van der Waals surface area contributed by atoms with Gasteiger partial charge in [0.1, 0.15) is 11.3 Å². The lowest BCUT2D eigenvalue weighted by molar-refractivity contribution is 0.538. The van der Waals surface area contributed by atoms with E-state index in [1.165, 1.54) is 9.75 Å². The fraction of sp³-hybridized carbons (Fsp3) is 0.235. The number of hydrogen-bond donors (Lipinski definition) is 2. The predicted octanol–water partition coefficient (Wildman–Crippen LogP) is 4.29. The highest BCUT2D eigenvalue weighted by molar-refractivity contribution is 14.0. The number of nitrogens with one attached hydrogen (secondary N) is 2. The Hall–Kier alpha value is -1.54. The lowest BCUT2D eigenvalue weighted by atomic mass is 10.2. The van der Waals surface area contributed by atoms with Crippen LogP contribution in [0.25, 0.3) is 11.0 Å². The van der Waals surface area contributed by atoms with E-state index in [0.29, 0.717) is 6.54 Å². The molecule has 23 heavy (non-hydrogen) atoms. The zero-order chi connectivity index (χ0) is 15.4. The molecule has 2 aromatic heterocycles. The molecule has 2 N–H and O–H groups in total. The molecular weight excluding hydrogens is 421 g/mol. The van der Waals surface area contributed by atoms with E-state index >= 15 is 0 Å². The molecule has 0 aliphatic carbocycles. The summed E-state index contributed by atoms with van der Waals surface area (Å²) in [5, 5.41) is 7.71. The van der Waals surface area contributed by atoms with Crippen molar-refractivity contribution in [1.29, 1.82) is 0 Å². The molecule has 0 saturated carbocycles. The number of benzene rings is 1. The molecule has 0 atom stereocenters. The number of para-hydroxylation sites is 1. The van der Waals surface area contributed by atoms with E-state index in [1.807, 2.05) is 18.2 Å². The van der Waals surface area contributed by atoms with Gasteiger partial charge in [-0.1, -0.05) is 18.2 Å². The molecule has 0 saturated heterocycles. The second-order valence-electron chi connectivity index (χ2n) is 5.04. The Morgan fingerprint density at radius 1 is 1.13 bits per heavy atom. The molecule has 2 heterocycles. The van der Waals surface area contributed by atoms with Gasteiger partial charge in [-0.05, 0) is 31.2 Å². The minimum Gasteiger partial charge on any atom is -0.459 e. The summed E-state index contributed by atoms with van der Waals surface area (Å²) < 4.78 is 5.79. The molecule has 0 radical (unpaired) electrons. The summed E-state index contributed by atoms with van der Waals surface area (Å²) in [6, 6.07) is 14.3. The highest BCUT2D eigenvalue weighted by Crippen LogP contribution is 2.18. The summed E-state index contributed by atoms with van der Waals surface area (Å²) in [6.07, 6.45) is 0. The van der Waals surface area contributed by atoms with Crippen LogP contribution in [0.3, 0.4) is 0 Å². The highest BCUT2D eigenvalue weighted by atomic mass is 127. The van der Waals surface area contributed by atoms with Crippen LogP contribution >= 0.6 is 35.3 Å². The highest BCUT2D eigenvalue weighted by Gasteiger charge is 2.05. The average molecular weight is 441 g/mol. The van der Waals surface area contributed by atoms with Crippen molar-refractivity contribution in [3.8, 4) is 0 Å². The molecule has 0 spiro atoms. The fourth-order valence-electron chi connectivity index (χ4n) is 2.27. The average Bonchev–Trinajstić information content (AvgIpc) is 3.13. The van der Waals surface area contributed by atoms with Gasteiger partial charge in [0, 0.05) is 22.2 Å². The second kappa shape index (κ2) is 8.35. The van der Waals surface area contributed by atoms with Gasteiger partial charge in [-0.2, -0.15) is 0 Å². The number of thiophene rings is 1. The zero-order valence-corrected chi connectivity index (χ0v) is 16.3. The normalized spacial score (nSPS) is 11.3. The zero-order valence-electron chi connectivity index (χ0n) is 13.1. The maximum absolute atomic E-state index is 5.79. The molecule has 6 heteroatoms. The second-order valence-corrected chi connectivity index (χ2v) is 6.41. The molecule has 3 rings (SSSR count). The topological polar surface area (TPSA) is 49.6 Å². The van der Waals surface area contributed by atoms with Crippen LogP contribution in [0.5, 0.6) is 0 Å². The first-order valence-electron chi connectivity index (χ1n) is 7.22. The fourth-order valence-corrected chi connectivity index (χ4v) is 3.10. The maximum atomic E-state index is 5.79. The van der Waals surface area contributed by atoms with Crippen LogP contribution in [-0.4, -0.2) is 13.0 Å². The number of furan rings is 1. The molecular formula is C17H20IN3OS. The number of fused-ring (bicyclic) bond motifs is 1.